The Morgan fingerprint density at radius 2 is 1.93 bits per heavy atom. The van der Waals surface area contributed by atoms with Gasteiger partial charge >= 0.3 is 0 Å². The van der Waals surface area contributed by atoms with E-state index in [4.69, 9.17) is 4.52 Å². The van der Waals surface area contributed by atoms with E-state index in [0.29, 0.717) is 43.1 Å². The van der Waals surface area contributed by atoms with E-state index in [1.807, 2.05) is 26.0 Å². The second-order valence-electron chi connectivity index (χ2n) is 6.58. The lowest BCUT2D eigenvalue weighted by molar-refractivity contribution is -0.121. The van der Waals surface area contributed by atoms with Gasteiger partial charge < -0.3 is 9.84 Å². The van der Waals surface area contributed by atoms with Crippen molar-refractivity contribution in [2.75, 3.05) is 0 Å². The van der Waals surface area contributed by atoms with Crippen LogP contribution in [0.25, 0.3) is 11.4 Å². The molecule has 140 valence electrons. The van der Waals surface area contributed by atoms with Gasteiger partial charge in [0.05, 0.1) is 0 Å². The molecular formula is C21H22FN3O2. The van der Waals surface area contributed by atoms with Crippen LogP contribution in [0.4, 0.5) is 4.39 Å². The van der Waals surface area contributed by atoms with Crippen molar-refractivity contribution >= 4 is 5.91 Å². The fourth-order valence-corrected chi connectivity index (χ4v) is 2.80. The Morgan fingerprint density at radius 3 is 2.67 bits per heavy atom. The molecule has 0 fully saturated rings. The van der Waals surface area contributed by atoms with E-state index in [2.05, 4.69) is 21.5 Å². The van der Waals surface area contributed by atoms with Crippen molar-refractivity contribution in [2.45, 2.75) is 39.7 Å². The quantitative estimate of drug-likeness (QED) is 0.682. The third-order valence-electron chi connectivity index (χ3n) is 4.34. The number of rotatable bonds is 7. The van der Waals surface area contributed by atoms with Crippen LogP contribution >= 0.6 is 0 Å². The smallest absolute Gasteiger partial charge is 0.226 e. The number of aryl methyl sites for hydroxylation is 3. The first-order valence-electron chi connectivity index (χ1n) is 8.92. The minimum atomic E-state index is -0.311. The number of nitrogens with zero attached hydrogens (tertiary/aromatic N) is 2. The molecule has 0 unspecified atom stereocenters. The number of hydrogen-bond donors (Lipinski definition) is 1. The highest BCUT2D eigenvalue weighted by atomic mass is 19.1. The lowest BCUT2D eigenvalue weighted by atomic mass is 10.1. The molecule has 0 aliphatic heterocycles. The molecule has 6 heteroatoms. The third-order valence-corrected chi connectivity index (χ3v) is 4.34. The average Bonchev–Trinajstić information content (AvgIpc) is 3.10. The van der Waals surface area contributed by atoms with Crippen LogP contribution in [0, 0.1) is 19.7 Å². The van der Waals surface area contributed by atoms with Crippen molar-refractivity contribution in [3.63, 3.8) is 0 Å². The van der Waals surface area contributed by atoms with E-state index in [0.717, 1.165) is 5.56 Å². The fraction of sp³-hybridized carbons (Fsp3) is 0.286. The van der Waals surface area contributed by atoms with E-state index in [1.165, 1.54) is 23.3 Å². The fourth-order valence-electron chi connectivity index (χ4n) is 2.80. The first kappa shape index (κ1) is 18.8. The van der Waals surface area contributed by atoms with Crippen molar-refractivity contribution in [1.29, 1.82) is 0 Å². The Kier molecular flexibility index (Phi) is 5.96. The van der Waals surface area contributed by atoms with Gasteiger partial charge in [-0.2, -0.15) is 4.98 Å². The average molecular weight is 367 g/mol. The second-order valence-corrected chi connectivity index (χ2v) is 6.58. The van der Waals surface area contributed by atoms with E-state index in [9.17, 15) is 9.18 Å². The highest BCUT2D eigenvalue weighted by Gasteiger charge is 2.10. The zero-order chi connectivity index (χ0) is 19.2. The minimum absolute atomic E-state index is 0.00625. The molecule has 0 radical (unpaired) electrons. The Labute approximate surface area is 157 Å². The largest absolute Gasteiger partial charge is 0.352 e. The van der Waals surface area contributed by atoms with Crippen LogP contribution < -0.4 is 5.32 Å². The molecule has 0 atom stereocenters. The second kappa shape index (κ2) is 8.58. The van der Waals surface area contributed by atoms with Crippen LogP contribution in [0.15, 0.2) is 47.0 Å². The lowest BCUT2D eigenvalue weighted by Gasteiger charge is -2.08. The van der Waals surface area contributed by atoms with Gasteiger partial charge in [-0.3, -0.25) is 4.79 Å². The zero-order valence-electron chi connectivity index (χ0n) is 15.5. The standard InChI is InChI=1S/C21H22FN3O2/c1-14-6-7-17(15(2)12-14)13-23-19(26)4-3-5-20-24-21(25-27-20)16-8-10-18(22)11-9-16/h6-12H,3-5,13H2,1-2H3,(H,23,26). The number of benzene rings is 2. The predicted molar refractivity (Wildman–Crippen MR) is 100 cm³/mol. The zero-order valence-corrected chi connectivity index (χ0v) is 15.5. The van der Waals surface area contributed by atoms with Gasteiger partial charge in [0.2, 0.25) is 17.6 Å². The van der Waals surface area contributed by atoms with Gasteiger partial charge in [0.25, 0.3) is 0 Å². The minimum Gasteiger partial charge on any atom is -0.352 e. The van der Waals surface area contributed by atoms with Crippen molar-refractivity contribution in [3.8, 4) is 11.4 Å². The summed E-state index contributed by atoms with van der Waals surface area (Å²) in [5.41, 5.74) is 4.20. The molecule has 3 aromatic rings. The normalized spacial score (nSPS) is 10.8. The molecule has 0 spiro atoms. The first-order chi connectivity index (χ1) is 13.0. The van der Waals surface area contributed by atoms with Crippen LogP contribution in [0.1, 0.15) is 35.4 Å². The molecule has 1 amide bonds. The number of carbonyl (C=O) groups excluding carboxylic acids is 1. The summed E-state index contributed by atoms with van der Waals surface area (Å²) in [7, 11) is 0. The maximum absolute atomic E-state index is 13.0. The van der Waals surface area contributed by atoms with Gasteiger partial charge in [0.1, 0.15) is 5.82 Å². The van der Waals surface area contributed by atoms with Crippen LogP contribution in [0.5, 0.6) is 0 Å². The number of carbonyl (C=O) groups is 1. The number of nitrogens with one attached hydrogen (secondary N) is 1. The van der Waals surface area contributed by atoms with Gasteiger partial charge in [-0.25, -0.2) is 4.39 Å². The summed E-state index contributed by atoms with van der Waals surface area (Å²) < 4.78 is 18.2. The Balaban J connectivity index is 1.44. The molecule has 3 rings (SSSR count). The summed E-state index contributed by atoms with van der Waals surface area (Å²) in [6, 6.07) is 12.1. The monoisotopic (exact) mass is 367 g/mol. The molecule has 0 aliphatic carbocycles. The molecule has 27 heavy (non-hydrogen) atoms. The van der Waals surface area contributed by atoms with Crippen LogP contribution in [-0.2, 0) is 17.8 Å². The molecular weight excluding hydrogens is 345 g/mol. The Hall–Kier alpha value is -3.02. The molecule has 0 saturated heterocycles. The number of aromatic nitrogens is 2. The van der Waals surface area contributed by atoms with Gasteiger partial charge in [-0.15, -0.1) is 0 Å². The van der Waals surface area contributed by atoms with E-state index in [-0.39, 0.29) is 11.7 Å². The maximum Gasteiger partial charge on any atom is 0.226 e. The SMILES string of the molecule is Cc1ccc(CNC(=O)CCCc2nc(-c3ccc(F)cc3)no2)c(C)c1. The van der Waals surface area contributed by atoms with Crippen molar-refractivity contribution in [1.82, 2.24) is 15.5 Å². The predicted octanol–water partition coefficient (Wildman–Crippen LogP) is 4.13. The van der Waals surface area contributed by atoms with Gasteiger partial charge in [-0.1, -0.05) is 28.9 Å². The van der Waals surface area contributed by atoms with Gasteiger partial charge in [0.15, 0.2) is 0 Å². The van der Waals surface area contributed by atoms with Crippen molar-refractivity contribution < 1.29 is 13.7 Å². The van der Waals surface area contributed by atoms with Crippen LogP contribution in [0.2, 0.25) is 0 Å². The van der Waals surface area contributed by atoms with E-state index in [1.54, 1.807) is 12.1 Å². The van der Waals surface area contributed by atoms with Crippen molar-refractivity contribution in [3.05, 3.63) is 70.9 Å². The maximum atomic E-state index is 13.0. The van der Waals surface area contributed by atoms with Gasteiger partial charge in [-0.05, 0) is 55.7 Å². The molecule has 2 aromatic carbocycles. The summed E-state index contributed by atoms with van der Waals surface area (Å²) >= 11 is 0. The summed E-state index contributed by atoms with van der Waals surface area (Å²) in [6.45, 7) is 4.62. The lowest BCUT2D eigenvalue weighted by Crippen LogP contribution is -2.23. The molecule has 0 bridgehead atoms. The first-order valence-corrected chi connectivity index (χ1v) is 8.92. The highest BCUT2D eigenvalue weighted by Crippen LogP contribution is 2.17. The summed E-state index contributed by atoms with van der Waals surface area (Å²) in [6.07, 6.45) is 1.52. The summed E-state index contributed by atoms with van der Waals surface area (Å²) in [4.78, 5) is 16.3. The Bertz CT molecular complexity index is 919. The van der Waals surface area contributed by atoms with E-state index >= 15 is 0 Å². The molecule has 0 aliphatic rings. The molecule has 0 saturated carbocycles. The number of hydrogen-bond acceptors (Lipinski definition) is 4. The number of halogens is 1. The topological polar surface area (TPSA) is 68.0 Å². The summed E-state index contributed by atoms with van der Waals surface area (Å²) in [5, 5.41) is 6.84. The Morgan fingerprint density at radius 1 is 1.15 bits per heavy atom. The molecule has 1 heterocycles. The van der Waals surface area contributed by atoms with Crippen molar-refractivity contribution in [2.24, 2.45) is 0 Å². The number of amides is 1. The molecule has 1 N–H and O–H groups in total. The third kappa shape index (κ3) is 5.23. The summed E-state index contributed by atoms with van der Waals surface area (Å²) in [5.74, 6) is 0.573. The van der Waals surface area contributed by atoms with Crippen LogP contribution in [0.3, 0.4) is 0 Å². The molecule has 5 nitrogen and oxygen atoms in total. The van der Waals surface area contributed by atoms with E-state index < -0.39 is 0 Å². The molecule has 1 aromatic heterocycles. The highest BCUT2D eigenvalue weighted by molar-refractivity contribution is 5.75. The van der Waals surface area contributed by atoms with Crippen LogP contribution in [-0.4, -0.2) is 16.0 Å². The van der Waals surface area contributed by atoms with Gasteiger partial charge in [0, 0.05) is 24.9 Å².